The van der Waals surface area contributed by atoms with E-state index < -0.39 is 0 Å². The molecule has 0 aliphatic rings. The molecule has 1 aromatic heterocycles. The lowest BCUT2D eigenvalue weighted by molar-refractivity contribution is 0.454. The molecule has 2 aromatic rings. The number of hydrogen-bond donors (Lipinski definition) is 0. The second-order valence-electron chi connectivity index (χ2n) is 5.49. The zero-order valence-electron chi connectivity index (χ0n) is 13.2. The monoisotopic (exact) mass is 304 g/mol. The first kappa shape index (κ1) is 15.8. The van der Waals surface area contributed by atoms with Gasteiger partial charge in [-0.15, -0.1) is 0 Å². The van der Waals surface area contributed by atoms with Crippen LogP contribution in [0.15, 0.2) is 18.2 Å². The lowest BCUT2D eigenvalue weighted by Crippen LogP contribution is -2.00. The van der Waals surface area contributed by atoms with Gasteiger partial charge in [-0.3, -0.25) is 0 Å². The standard InChI is InChI=1S/C17H21ClN2O/c1-6-15-19-16(18)12(5)17(20-15)21-13-7-8-14(10(2)3)11(4)9-13/h7-10H,6H2,1-5H3. The highest BCUT2D eigenvalue weighted by atomic mass is 35.5. The minimum atomic E-state index is 0.451. The van der Waals surface area contributed by atoms with Crippen molar-refractivity contribution in [2.75, 3.05) is 0 Å². The zero-order valence-corrected chi connectivity index (χ0v) is 14.0. The molecule has 4 heteroatoms. The van der Waals surface area contributed by atoms with E-state index in [4.69, 9.17) is 16.3 Å². The van der Waals surface area contributed by atoms with Crippen LogP contribution in [0.1, 0.15) is 49.2 Å². The molecule has 0 bridgehead atoms. The minimum absolute atomic E-state index is 0.451. The van der Waals surface area contributed by atoms with E-state index in [1.807, 2.05) is 26.0 Å². The molecule has 1 heterocycles. The molecule has 0 saturated carbocycles. The normalized spacial score (nSPS) is 11.0. The molecule has 0 spiro atoms. The summed E-state index contributed by atoms with van der Waals surface area (Å²) < 4.78 is 5.91. The minimum Gasteiger partial charge on any atom is -0.439 e. The molecule has 0 aliphatic carbocycles. The van der Waals surface area contributed by atoms with Gasteiger partial charge in [-0.05, 0) is 43.0 Å². The zero-order chi connectivity index (χ0) is 15.6. The largest absolute Gasteiger partial charge is 0.439 e. The summed E-state index contributed by atoms with van der Waals surface area (Å²) in [6.45, 7) is 10.3. The van der Waals surface area contributed by atoms with Crippen molar-refractivity contribution in [2.24, 2.45) is 0 Å². The van der Waals surface area contributed by atoms with Gasteiger partial charge < -0.3 is 4.74 Å². The first-order chi connectivity index (χ1) is 9.92. The third kappa shape index (κ3) is 3.53. The van der Waals surface area contributed by atoms with E-state index in [-0.39, 0.29) is 0 Å². The molecule has 3 nitrogen and oxygen atoms in total. The van der Waals surface area contributed by atoms with E-state index in [0.717, 1.165) is 17.7 Å². The van der Waals surface area contributed by atoms with Gasteiger partial charge in [0, 0.05) is 12.0 Å². The number of halogens is 1. The Bertz CT molecular complexity index is 653. The highest BCUT2D eigenvalue weighted by molar-refractivity contribution is 6.30. The van der Waals surface area contributed by atoms with Gasteiger partial charge in [0.15, 0.2) is 0 Å². The van der Waals surface area contributed by atoms with Crippen LogP contribution in [0.2, 0.25) is 5.15 Å². The van der Waals surface area contributed by atoms with Crippen LogP contribution in [0, 0.1) is 13.8 Å². The average molecular weight is 305 g/mol. The third-order valence-electron chi connectivity index (χ3n) is 3.48. The second-order valence-corrected chi connectivity index (χ2v) is 5.85. The van der Waals surface area contributed by atoms with Crippen LogP contribution < -0.4 is 4.74 Å². The summed E-state index contributed by atoms with van der Waals surface area (Å²) >= 11 is 6.13. The van der Waals surface area contributed by atoms with Crippen molar-refractivity contribution in [3.63, 3.8) is 0 Å². The van der Waals surface area contributed by atoms with Crippen LogP contribution in [0.25, 0.3) is 0 Å². The summed E-state index contributed by atoms with van der Waals surface area (Å²) in [7, 11) is 0. The molecule has 0 unspecified atom stereocenters. The maximum atomic E-state index is 6.13. The Morgan fingerprint density at radius 3 is 2.48 bits per heavy atom. The van der Waals surface area contributed by atoms with Crippen LogP contribution in [0.4, 0.5) is 0 Å². The number of hydrogen-bond acceptors (Lipinski definition) is 3. The van der Waals surface area contributed by atoms with E-state index in [0.29, 0.717) is 22.8 Å². The molecule has 21 heavy (non-hydrogen) atoms. The summed E-state index contributed by atoms with van der Waals surface area (Å²) in [6.07, 6.45) is 0.724. The maximum Gasteiger partial charge on any atom is 0.226 e. The molecule has 0 saturated heterocycles. The molecular formula is C17H21ClN2O. The number of benzene rings is 1. The van der Waals surface area contributed by atoms with Gasteiger partial charge in [-0.25, -0.2) is 4.98 Å². The van der Waals surface area contributed by atoms with E-state index in [1.54, 1.807) is 0 Å². The first-order valence-electron chi connectivity index (χ1n) is 7.23. The Morgan fingerprint density at radius 2 is 1.90 bits per heavy atom. The molecule has 112 valence electrons. The van der Waals surface area contributed by atoms with Crippen molar-refractivity contribution in [2.45, 2.75) is 47.0 Å². The highest BCUT2D eigenvalue weighted by Gasteiger charge is 2.12. The quantitative estimate of drug-likeness (QED) is 0.726. The van der Waals surface area contributed by atoms with Crippen LogP contribution in [-0.2, 0) is 6.42 Å². The van der Waals surface area contributed by atoms with Gasteiger partial charge >= 0.3 is 0 Å². The van der Waals surface area contributed by atoms with Gasteiger partial charge in [0.1, 0.15) is 16.7 Å². The fourth-order valence-corrected chi connectivity index (χ4v) is 2.42. The molecular weight excluding hydrogens is 284 g/mol. The summed E-state index contributed by atoms with van der Waals surface area (Å²) in [4.78, 5) is 8.64. The molecule has 0 amide bonds. The number of aromatic nitrogens is 2. The van der Waals surface area contributed by atoms with Crippen molar-refractivity contribution >= 4 is 11.6 Å². The van der Waals surface area contributed by atoms with Gasteiger partial charge in [-0.1, -0.05) is 38.4 Å². The van der Waals surface area contributed by atoms with Crippen LogP contribution in [-0.4, -0.2) is 9.97 Å². The van der Waals surface area contributed by atoms with Gasteiger partial charge in [0.2, 0.25) is 5.88 Å². The molecule has 2 rings (SSSR count). The molecule has 0 aliphatic heterocycles. The third-order valence-corrected chi connectivity index (χ3v) is 3.85. The van der Waals surface area contributed by atoms with E-state index in [9.17, 15) is 0 Å². The Balaban J connectivity index is 2.34. The fourth-order valence-electron chi connectivity index (χ4n) is 2.24. The van der Waals surface area contributed by atoms with Crippen molar-refractivity contribution < 1.29 is 4.74 Å². The second kappa shape index (κ2) is 6.44. The molecule has 0 radical (unpaired) electrons. The van der Waals surface area contributed by atoms with Crippen LogP contribution in [0.5, 0.6) is 11.6 Å². The topological polar surface area (TPSA) is 35.0 Å². The number of ether oxygens (including phenoxy) is 1. The van der Waals surface area contributed by atoms with Crippen LogP contribution >= 0.6 is 11.6 Å². The SMILES string of the molecule is CCc1nc(Cl)c(C)c(Oc2ccc(C(C)C)c(C)c2)n1. The Hall–Kier alpha value is -1.61. The Morgan fingerprint density at radius 1 is 1.19 bits per heavy atom. The van der Waals surface area contributed by atoms with E-state index in [2.05, 4.69) is 36.8 Å². The number of nitrogens with zero attached hydrogens (tertiary/aromatic N) is 2. The van der Waals surface area contributed by atoms with E-state index in [1.165, 1.54) is 11.1 Å². The average Bonchev–Trinajstić information content (AvgIpc) is 2.43. The summed E-state index contributed by atoms with van der Waals surface area (Å²) in [6, 6.07) is 6.12. The lowest BCUT2D eigenvalue weighted by atomic mass is 9.98. The predicted molar refractivity (Wildman–Crippen MR) is 86.5 cm³/mol. The molecule has 1 aromatic carbocycles. The van der Waals surface area contributed by atoms with Crippen molar-refractivity contribution in [1.82, 2.24) is 9.97 Å². The summed E-state index contributed by atoms with van der Waals surface area (Å²) in [5, 5.41) is 0.451. The molecule has 0 fully saturated rings. The Kier molecular flexibility index (Phi) is 4.84. The predicted octanol–water partition coefficient (Wildman–Crippen LogP) is 5.22. The number of rotatable bonds is 4. The molecule has 0 N–H and O–H groups in total. The smallest absolute Gasteiger partial charge is 0.226 e. The summed E-state index contributed by atoms with van der Waals surface area (Å²) in [5.74, 6) is 2.50. The van der Waals surface area contributed by atoms with Crippen molar-refractivity contribution in [3.05, 3.63) is 45.9 Å². The van der Waals surface area contributed by atoms with Crippen molar-refractivity contribution in [1.29, 1.82) is 0 Å². The van der Waals surface area contributed by atoms with Crippen molar-refractivity contribution in [3.8, 4) is 11.6 Å². The van der Waals surface area contributed by atoms with E-state index >= 15 is 0 Å². The number of aryl methyl sites for hydroxylation is 2. The lowest BCUT2D eigenvalue weighted by Gasteiger charge is -2.13. The first-order valence-corrected chi connectivity index (χ1v) is 7.61. The van der Waals surface area contributed by atoms with Gasteiger partial charge in [0.25, 0.3) is 0 Å². The molecule has 0 atom stereocenters. The van der Waals surface area contributed by atoms with Gasteiger partial charge in [-0.2, -0.15) is 4.98 Å². The summed E-state index contributed by atoms with van der Waals surface area (Å²) in [5.41, 5.74) is 3.31. The Labute approximate surface area is 131 Å². The van der Waals surface area contributed by atoms with Crippen LogP contribution in [0.3, 0.4) is 0 Å². The maximum absolute atomic E-state index is 6.13. The van der Waals surface area contributed by atoms with Gasteiger partial charge in [0.05, 0.1) is 0 Å². The highest BCUT2D eigenvalue weighted by Crippen LogP contribution is 2.29. The fraction of sp³-hybridized carbons (Fsp3) is 0.412.